The zero-order valence-electron chi connectivity index (χ0n) is 39.3. The van der Waals surface area contributed by atoms with Crippen molar-refractivity contribution in [2.24, 2.45) is 10.8 Å². The predicted molar refractivity (Wildman–Crippen MR) is 270 cm³/mol. The molecule has 4 aromatic heterocycles. The van der Waals surface area contributed by atoms with Crippen LogP contribution in [-0.2, 0) is 19.7 Å². The number of rotatable bonds is 14. The van der Waals surface area contributed by atoms with E-state index in [1.165, 1.54) is 0 Å². The SMILES string of the molecule is Cc1cnc(Nc2ccc(-n3cccn3)cc2)nc1Nc1cccc(S(=O)(=O)CC(C)(C)C)c1.Cc1cnc(Nc2ccc(-n3ccnc3)cc2)nc1Nc1cccc(S(=O)(=O)CC(C)(C)C)c1. The summed E-state index contributed by atoms with van der Waals surface area (Å²) < 4.78 is 54.9. The molecule has 8 rings (SSSR count). The highest BCUT2D eigenvalue weighted by atomic mass is 32.2. The number of hydrogen-bond donors (Lipinski definition) is 4. The lowest BCUT2D eigenvalue weighted by atomic mass is 10.0. The maximum Gasteiger partial charge on any atom is 0.229 e. The first-order valence-electron chi connectivity index (χ1n) is 21.8. The van der Waals surface area contributed by atoms with Crippen molar-refractivity contribution in [1.82, 2.24) is 39.3 Å². The lowest BCUT2D eigenvalue weighted by Crippen LogP contribution is -2.20. The molecule has 0 radical (unpaired) electrons. The van der Waals surface area contributed by atoms with Crippen molar-refractivity contribution in [3.8, 4) is 11.4 Å². The summed E-state index contributed by atoms with van der Waals surface area (Å²) in [6, 6.07) is 31.1. The maximum absolute atomic E-state index is 12.8. The van der Waals surface area contributed by atoms with Gasteiger partial charge in [-0.3, -0.25) is 0 Å². The monoisotopic (exact) mass is 952 g/mol. The highest BCUT2D eigenvalue weighted by Gasteiger charge is 2.25. The van der Waals surface area contributed by atoms with Gasteiger partial charge in [-0.15, -0.1) is 0 Å². The molecular weight excluding hydrogens is 897 g/mol. The second kappa shape index (κ2) is 20.2. The van der Waals surface area contributed by atoms with E-state index in [1.54, 1.807) is 72.2 Å². The van der Waals surface area contributed by atoms with E-state index >= 15 is 0 Å². The molecule has 0 bridgehead atoms. The Bertz CT molecular complexity index is 2970. The molecule has 0 aliphatic carbocycles. The van der Waals surface area contributed by atoms with E-state index in [4.69, 9.17) is 0 Å². The Labute approximate surface area is 398 Å². The van der Waals surface area contributed by atoms with E-state index < -0.39 is 19.7 Å². The van der Waals surface area contributed by atoms with Gasteiger partial charge in [0.05, 0.1) is 33.3 Å². The minimum absolute atomic E-state index is 0.0727. The van der Waals surface area contributed by atoms with Crippen LogP contribution in [0.25, 0.3) is 11.4 Å². The van der Waals surface area contributed by atoms with E-state index in [2.05, 4.69) is 51.3 Å². The fraction of sp³-hybridized carbons (Fsp3) is 0.240. The fourth-order valence-electron chi connectivity index (χ4n) is 6.88. The smallest absolute Gasteiger partial charge is 0.229 e. The van der Waals surface area contributed by atoms with E-state index in [1.807, 2.05) is 139 Å². The highest BCUT2D eigenvalue weighted by Crippen LogP contribution is 2.29. The zero-order valence-corrected chi connectivity index (χ0v) is 40.9. The molecule has 18 heteroatoms. The van der Waals surface area contributed by atoms with Crippen LogP contribution in [0.2, 0.25) is 0 Å². The van der Waals surface area contributed by atoms with Gasteiger partial charge in [-0.05, 0) is 116 Å². The molecule has 0 aliphatic heterocycles. The number of nitrogens with zero attached hydrogens (tertiary/aromatic N) is 8. The summed E-state index contributed by atoms with van der Waals surface area (Å²) >= 11 is 0. The van der Waals surface area contributed by atoms with E-state index in [-0.39, 0.29) is 32.1 Å². The normalized spacial score (nSPS) is 11.9. The molecule has 0 saturated carbocycles. The second-order valence-electron chi connectivity index (χ2n) is 18.7. The number of sulfone groups is 2. The first-order chi connectivity index (χ1) is 32.2. The van der Waals surface area contributed by atoms with E-state index in [0.29, 0.717) is 34.9 Å². The summed E-state index contributed by atoms with van der Waals surface area (Å²) in [5.74, 6) is 2.19. The van der Waals surface area contributed by atoms with Crippen molar-refractivity contribution in [2.45, 2.75) is 65.2 Å². The van der Waals surface area contributed by atoms with Gasteiger partial charge in [0.15, 0.2) is 19.7 Å². The predicted octanol–water partition coefficient (Wildman–Crippen LogP) is 10.6. The van der Waals surface area contributed by atoms with Gasteiger partial charge >= 0.3 is 0 Å². The molecule has 4 N–H and O–H groups in total. The number of aryl methyl sites for hydroxylation is 2. The highest BCUT2D eigenvalue weighted by molar-refractivity contribution is 7.91. The second-order valence-corrected chi connectivity index (χ2v) is 22.6. The first kappa shape index (κ1) is 48.5. The van der Waals surface area contributed by atoms with Crippen LogP contribution >= 0.6 is 0 Å². The number of anilines is 8. The van der Waals surface area contributed by atoms with Crippen LogP contribution in [-0.4, -0.2) is 67.6 Å². The Morgan fingerprint density at radius 2 is 1.00 bits per heavy atom. The molecule has 0 unspecified atom stereocenters. The average Bonchev–Trinajstić information content (AvgIpc) is 4.02. The minimum atomic E-state index is -3.40. The molecule has 0 spiro atoms. The number of aromatic nitrogens is 8. The van der Waals surface area contributed by atoms with Crippen molar-refractivity contribution in [3.63, 3.8) is 0 Å². The summed E-state index contributed by atoms with van der Waals surface area (Å²) in [5.41, 5.74) is 5.92. The summed E-state index contributed by atoms with van der Waals surface area (Å²) in [7, 11) is -6.81. The van der Waals surface area contributed by atoms with Crippen molar-refractivity contribution < 1.29 is 16.8 Å². The standard InChI is InChI=1S/2C25H28N6O2S/c1-18-16-26-24(29-19-9-11-21(12-10-19)31-14-6-13-27-31)30-23(18)28-20-7-5-8-22(15-20)34(32,33)17-25(2,3)4;1-18-15-27-24(29-19-8-10-21(11-9-19)31-13-12-26-17-31)30-23(18)28-20-6-5-7-22(14-20)34(32,33)16-25(2,3)4/h5-16H,17H2,1-4H3,(H2,26,28,29,30);5-15,17H,16H2,1-4H3,(H2,27,28,29,30). The van der Waals surface area contributed by atoms with Crippen LogP contribution in [0.3, 0.4) is 0 Å². The quantitative estimate of drug-likeness (QED) is 0.0801. The van der Waals surface area contributed by atoms with Crippen LogP contribution < -0.4 is 21.3 Å². The van der Waals surface area contributed by atoms with Crippen molar-refractivity contribution in [2.75, 3.05) is 32.8 Å². The van der Waals surface area contributed by atoms with E-state index in [9.17, 15) is 16.8 Å². The van der Waals surface area contributed by atoms with Crippen molar-refractivity contribution in [1.29, 1.82) is 0 Å². The number of nitrogens with one attached hydrogen (secondary N) is 4. The molecule has 0 atom stereocenters. The molecule has 352 valence electrons. The Morgan fingerprint density at radius 3 is 1.41 bits per heavy atom. The van der Waals surface area contributed by atoms with Crippen molar-refractivity contribution in [3.05, 3.63) is 158 Å². The Morgan fingerprint density at radius 1 is 0.529 bits per heavy atom. The molecule has 4 heterocycles. The Balaban J connectivity index is 0.000000201. The average molecular weight is 953 g/mol. The van der Waals surface area contributed by atoms with Gasteiger partial charge < -0.3 is 25.8 Å². The zero-order chi connectivity index (χ0) is 48.7. The topological polar surface area (TPSA) is 204 Å². The van der Waals surface area contributed by atoms with Gasteiger partial charge in [0.2, 0.25) is 11.9 Å². The minimum Gasteiger partial charge on any atom is -0.340 e. The molecule has 8 aromatic rings. The maximum atomic E-state index is 12.8. The summed E-state index contributed by atoms with van der Waals surface area (Å²) in [4.78, 5) is 22.6. The Kier molecular flexibility index (Phi) is 14.4. The van der Waals surface area contributed by atoms with Gasteiger partial charge in [-0.1, -0.05) is 53.7 Å². The third-order valence-electron chi connectivity index (χ3n) is 9.92. The number of benzene rings is 4. The number of hydrogen-bond acceptors (Lipinski definition) is 14. The first-order valence-corrected chi connectivity index (χ1v) is 25.1. The molecular formula is C50H56N12O4S2. The van der Waals surface area contributed by atoms with Gasteiger partial charge in [0, 0.05) is 76.7 Å². The van der Waals surface area contributed by atoms with Crippen molar-refractivity contribution >= 4 is 66.0 Å². The fourth-order valence-corrected chi connectivity index (χ4v) is 10.7. The van der Waals surface area contributed by atoms with Crippen LogP contribution in [0, 0.1) is 24.7 Å². The van der Waals surface area contributed by atoms with Crippen LogP contribution in [0.1, 0.15) is 52.7 Å². The van der Waals surface area contributed by atoms with Gasteiger partial charge in [-0.2, -0.15) is 15.1 Å². The molecule has 0 aliphatic rings. The van der Waals surface area contributed by atoms with Crippen LogP contribution in [0.5, 0.6) is 0 Å². The molecule has 4 aromatic carbocycles. The third-order valence-corrected chi connectivity index (χ3v) is 14.4. The van der Waals surface area contributed by atoms with E-state index in [0.717, 1.165) is 33.9 Å². The molecule has 68 heavy (non-hydrogen) atoms. The lowest BCUT2D eigenvalue weighted by molar-refractivity contribution is 0.460. The van der Waals surface area contributed by atoms with Gasteiger partial charge in [-0.25, -0.2) is 36.5 Å². The Hall–Kier alpha value is -7.44. The van der Waals surface area contributed by atoms with Crippen LogP contribution in [0.4, 0.5) is 46.3 Å². The van der Waals surface area contributed by atoms with Gasteiger partial charge in [0.1, 0.15) is 11.6 Å². The lowest BCUT2D eigenvalue weighted by Gasteiger charge is -2.18. The molecule has 0 fully saturated rings. The largest absolute Gasteiger partial charge is 0.340 e. The third kappa shape index (κ3) is 13.3. The van der Waals surface area contributed by atoms with Gasteiger partial charge in [0.25, 0.3) is 0 Å². The van der Waals surface area contributed by atoms with Crippen LogP contribution in [0.15, 0.2) is 156 Å². The number of imidazole rings is 1. The molecule has 0 saturated heterocycles. The molecule has 0 amide bonds. The summed E-state index contributed by atoms with van der Waals surface area (Å²) in [6.07, 6.45) is 12.4. The summed E-state index contributed by atoms with van der Waals surface area (Å²) in [5, 5.41) is 17.1. The summed E-state index contributed by atoms with van der Waals surface area (Å²) in [6.45, 7) is 15.3. The molecule has 16 nitrogen and oxygen atoms in total.